The van der Waals surface area contributed by atoms with Crippen LogP contribution in [0.5, 0.6) is 0 Å². The predicted octanol–water partition coefficient (Wildman–Crippen LogP) is 5.11. The van der Waals surface area contributed by atoms with Crippen molar-refractivity contribution in [3.63, 3.8) is 0 Å². The molecule has 0 atom stereocenters. The highest BCUT2D eigenvalue weighted by molar-refractivity contribution is 8.07. The first kappa shape index (κ1) is 16.2. The second-order valence-corrected chi connectivity index (χ2v) is 7.81. The summed E-state index contributed by atoms with van der Waals surface area (Å²) in [6.07, 6.45) is 6.62. The third-order valence-corrected chi connectivity index (χ3v) is 6.65. The molecule has 4 rings (SSSR count). The maximum Gasteiger partial charge on any atom is 0.0521 e. The first-order valence-corrected chi connectivity index (χ1v) is 10.0. The highest BCUT2D eigenvalue weighted by Crippen LogP contribution is 2.48. The number of hydrogen-bond acceptors (Lipinski definition) is 3. The number of hydrogen-bond donors (Lipinski definition) is 2. The minimum atomic E-state index is 0.214. The number of nitrogens with one attached hydrogen (secondary N) is 2. The van der Waals surface area contributed by atoms with Gasteiger partial charge in [-0.15, -0.1) is 0 Å². The molecule has 126 valence electrons. The number of benzene rings is 2. The van der Waals surface area contributed by atoms with Crippen molar-refractivity contribution < 1.29 is 0 Å². The van der Waals surface area contributed by atoms with Crippen LogP contribution in [-0.2, 0) is 0 Å². The van der Waals surface area contributed by atoms with E-state index in [0.717, 1.165) is 13.1 Å². The monoisotopic (exact) mass is 338 g/mol. The van der Waals surface area contributed by atoms with Crippen molar-refractivity contribution in [3.05, 3.63) is 53.6 Å². The van der Waals surface area contributed by atoms with Gasteiger partial charge >= 0.3 is 0 Å². The van der Waals surface area contributed by atoms with Crippen molar-refractivity contribution in [2.24, 2.45) is 0 Å². The zero-order valence-corrected chi connectivity index (χ0v) is 15.2. The molecule has 2 aromatic carbocycles. The molecule has 1 spiro atoms. The third-order valence-electron chi connectivity index (χ3n) is 5.47. The Balaban J connectivity index is 1.77. The fraction of sp³-hybridized carbons (Fsp3) is 0.429. The van der Waals surface area contributed by atoms with Gasteiger partial charge in [-0.1, -0.05) is 62.6 Å². The lowest BCUT2D eigenvalue weighted by Gasteiger charge is -2.36. The SMILES string of the molecule is CCNCC1=C(c2ccc3ccccc3c2)SNC12CCCCC2. The van der Waals surface area contributed by atoms with E-state index in [1.165, 1.54) is 53.3 Å². The van der Waals surface area contributed by atoms with Crippen LogP contribution in [0.1, 0.15) is 44.6 Å². The average Bonchev–Trinajstić information content (AvgIpc) is 2.97. The lowest BCUT2D eigenvalue weighted by molar-refractivity contribution is 0.321. The van der Waals surface area contributed by atoms with Crippen LogP contribution in [0.4, 0.5) is 0 Å². The van der Waals surface area contributed by atoms with Gasteiger partial charge in [0.25, 0.3) is 0 Å². The van der Waals surface area contributed by atoms with E-state index in [1.54, 1.807) is 5.57 Å². The summed E-state index contributed by atoms with van der Waals surface area (Å²) in [5.74, 6) is 0. The molecule has 2 N–H and O–H groups in total. The fourth-order valence-corrected chi connectivity index (χ4v) is 5.37. The van der Waals surface area contributed by atoms with E-state index >= 15 is 0 Å². The highest BCUT2D eigenvalue weighted by Gasteiger charge is 2.41. The summed E-state index contributed by atoms with van der Waals surface area (Å²) in [5, 5.41) is 6.23. The molecule has 2 aliphatic rings. The van der Waals surface area contributed by atoms with Gasteiger partial charge in [-0.3, -0.25) is 0 Å². The second kappa shape index (κ2) is 6.91. The van der Waals surface area contributed by atoms with E-state index in [-0.39, 0.29) is 5.54 Å². The van der Waals surface area contributed by atoms with Crippen molar-refractivity contribution in [2.45, 2.75) is 44.6 Å². The molecule has 0 radical (unpaired) electrons. The number of fused-ring (bicyclic) bond motifs is 1. The molecule has 1 aliphatic carbocycles. The Kier molecular flexibility index (Phi) is 4.66. The maximum absolute atomic E-state index is 3.83. The Morgan fingerprint density at radius 1 is 1.04 bits per heavy atom. The van der Waals surface area contributed by atoms with E-state index < -0.39 is 0 Å². The van der Waals surface area contributed by atoms with Crippen molar-refractivity contribution in [2.75, 3.05) is 13.1 Å². The third kappa shape index (κ3) is 2.90. The molecule has 2 aromatic rings. The molecule has 3 heteroatoms. The van der Waals surface area contributed by atoms with Crippen molar-refractivity contribution in [1.82, 2.24) is 10.0 Å². The van der Waals surface area contributed by atoms with Gasteiger partial charge in [-0.25, -0.2) is 4.72 Å². The summed E-state index contributed by atoms with van der Waals surface area (Å²) >= 11 is 1.86. The number of likely N-dealkylation sites (N-methyl/N-ethyl adjacent to an activating group) is 1. The van der Waals surface area contributed by atoms with Crippen LogP contribution in [0, 0.1) is 0 Å². The molecule has 1 saturated carbocycles. The van der Waals surface area contributed by atoms with E-state index in [0.29, 0.717) is 0 Å². The minimum absolute atomic E-state index is 0.214. The lowest BCUT2D eigenvalue weighted by Crippen LogP contribution is -2.44. The van der Waals surface area contributed by atoms with Crippen LogP contribution in [0.15, 0.2) is 48.0 Å². The topological polar surface area (TPSA) is 24.1 Å². The lowest BCUT2D eigenvalue weighted by atomic mass is 9.76. The van der Waals surface area contributed by atoms with E-state index in [2.05, 4.69) is 59.4 Å². The van der Waals surface area contributed by atoms with Crippen molar-refractivity contribution in [3.8, 4) is 0 Å². The van der Waals surface area contributed by atoms with Crippen molar-refractivity contribution in [1.29, 1.82) is 0 Å². The molecule has 0 saturated heterocycles. The first-order valence-electron chi connectivity index (χ1n) is 9.20. The maximum atomic E-state index is 3.83. The fourth-order valence-electron chi connectivity index (χ4n) is 4.11. The summed E-state index contributed by atoms with van der Waals surface area (Å²) < 4.78 is 3.83. The molecule has 0 unspecified atom stereocenters. The van der Waals surface area contributed by atoms with Crippen LogP contribution >= 0.6 is 11.9 Å². The van der Waals surface area contributed by atoms with Crippen LogP contribution in [0.3, 0.4) is 0 Å². The predicted molar refractivity (Wildman–Crippen MR) is 106 cm³/mol. The smallest absolute Gasteiger partial charge is 0.0521 e. The van der Waals surface area contributed by atoms with E-state index in [9.17, 15) is 0 Å². The van der Waals surface area contributed by atoms with Gasteiger partial charge in [0.15, 0.2) is 0 Å². The summed E-state index contributed by atoms with van der Waals surface area (Å²) in [4.78, 5) is 1.45. The Hall–Kier alpha value is -1.29. The van der Waals surface area contributed by atoms with Gasteiger partial charge < -0.3 is 5.32 Å². The minimum Gasteiger partial charge on any atom is -0.313 e. The Bertz CT molecular complexity index is 759. The molecule has 1 heterocycles. The summed E-state index contributed by atoms with van der Waals surface area (Å²) in [5.41, 5.74) is 3.16. The van der Waals surface area contributed by atoms with E-state index in [1.807, 2.05) is 11.9 Å². The van der Waals surface area contributed by atoms with Gasteiger partial charge in [-0.05, 0) is 59.3 Å². The van der Waals surface area contributed by atoms with Crippen LogP contribution < -0.4 is 10.0 Å². The number of rotatable bonds is 4. The normalized spacial score (nSPS) is 20.2. The van der Waals surface area contributed by atoms with Crippen molar-refractivity contribution >= 4 is 27.6 Å². The van der Waals surface area contributed by atoms with Crippen LogP contribution in [0.25, 0.3) is 15.7 Å². The Morgan fingerprint density at radius 2 is 1.83 bits per heavy atom. The molecule has 1 fully saturated rings. The molecule has 0 amide bonds. The molecule has 24 heavy (non-hydrogen) atoms. The van der Waals surface area contributed by atoms with Gasteiger partial charge in [0.05, 0.1) is 5.54 Å². The van der Waals surface area contributed by atoms with Gasteiger partial charge in [0.2, 0.25) is 0 Å². The zero-order valence-electron chi connectivity index (χ0n) is 14.4. The largest absolute Gasteiger partial charge is 0.313 e. The second-order valence-electron chi connectivity index (χ2n) is 7.00. The van der Waals surface area contributed by atoms with Crippen LogP contribution in [0.2, 0.25) is 0 Å². The standard InChI is InChI=1S/C21H26N2S/c1-2-22-15-19-20(24-23-21(19)12-6-3-7-13-21)18-11-10-16-8-4-5-9-17(16)14-18/h4-5,8-11,14,22-23H,2-3,6-7,12-13,15H2,1H3. The summed E-state index contributed by atoms with van der Waals surface area (Å²) in [6, 6.07) is 15.5. The molecular weight excluding hydrogens is 312 g/mol. The van der Waals surface area contributed by atoms with Crippen LogP contribution in [-0.4, -0.2) is 18.6 Å². The molecular formula is C21H26N2S. The average molecular weight is 339 g/mol. The quantitative estimate of drug-likeness (QED) is 0.757. The Labute approximate surface area is 149 Å². The molecule has 1 aliphatic heterocycles. The Morgan fingerprint density at radius 3 is 2.62 bits per heavy atom. The van der Waals surface area contributed by atoms with Gasteiger partial charge in [-0.2, -0.15) is 0 Å². The van der Waals surface area contributed by atoms with Gasteiger partial charge in [0, 0.05) is 11.4 Å². The summed E-state index contributed by atoms with van der Waals surface area (Å²) in [6.45, 7) is 4.22. The zero-order chi connectivity index (χ0) is 16.4. The highest BCUT2D eigenvalue weighted by atomic mass is 32.2. The molecule has 0 bridgehead atoms. The molecule has 2 nitrogen and oxygen atoms in total. The first-order chi connectivity index (χ1) is 11.8. The van der Waals surface area contributed by atoms with Gasteiger partial charge in [0.1, 0.15) is 0 Å². The van der Waals surface area contributed by atoms with E-state index in [4.69, 9.17) is 0 Å². The molecule has 0 aromatic heterocycles. The summed E-state index contributed by atoms with van der Waals surface area (Å²) in [7, 11) is 0.